The van der Waals surface area contributed by atoms with Gasteiger partial charge in [0.2, 0.25) is 0 Å². The largest absolute Gasteiger partial charge is 0.284 e. The van der Waals surface area contributed by atoms with E-state index in [0.717, 1.165) is 43.8 Å². The van der Waals surface area contributed by atoms with Crippen LogP contribution in [0, 0.1) is 20.2 Å². The van der Waals surface area contributed by atoms with E-state index in [2.05, 4.69) is 0 Å². The van der Waals surface area contributed by atoms with Crippen LogP contribution in [0.25, 0.3) is 22.3 Å². The molecule has 0 N–H and O–H groups in total. The minimum atomic E-state index is -0.428. The Bertz CT molecular complexity index is 1180. The van der Waals surface area contributed by atoms with Crippen molar-refractivity contribution in [2.75, 3.05) is 0 Å². The first-order valence-corrected chi connectivity index (χ1v) is 11.7. The van der Waals surface area contributed by atoms with Crippen molar-refractivity contribution in [1.29, 1.82) is 0 Å². The van der Waals surface area contributed by atoms with Gasteiger partial charge in [-0.05, 0) is 56.0 Å². The maximum Gasteiger partial charge on any atom is 0.284 e. The Morgan fingerprint density at radius 1 is 0.500 bits per heavy atom. The average Bonchev–Trinajstić information content (AvgIpc) is 2.83. The molecule has 0 saturated heterocycles. The van der Waals surface area contributed by atoms with E-state index in [1.54, 1.807) is 12.1 Å². The summed E-state index contributed by atoms with van der Waals surface area (Å²) in [5.41, 5.74) is 3.17. The van der Waals surface area contributed by atoms with E-state index in [0.29, 0.717) is 9.79 Å². The molecule has 0 aliphatic rings. The van der Waals surface area contributed by atoms with E-state index >= 15 is 0 Å². The van der Waals surface area contributed by atoms with E-state index < -0.39 is 9.85 Å². The van der Waals surface area contributed by atoms with Crippen molar-refractivity contribution >= 4 is 33.0 Å². The van der Waals surface area contributed by atoms with Gasteiger partial charge in [-0.25, -0.2) is 0 Å². The molecule has 4 rings (SSSR count). The van der Waals surface area contributed by atoms with Gasteiger partial charge in [0.05, 0.1) is 19.6 Å². The maximum absolute atomic E-state index is 11.7. The molecule has 0 aliphatic carbocycles. The molecule has 32 heavy (non-hydrogen) atoms. The zero-order chi connectivity index (χ0) is 22.5. The van der Waals surface area contributed by atoms with E-state index in [9.17, 15) is 20.2 Å². The normalized spacial score (nSPS) is 10.6. The zero-order valence-corrected chi connectivity index (χ0v) is 18.2. The lowest BCUT2D eigenvalue weighted by Gasteiger charge is -2.08. The summed E-state index contributed by atoms with van der Waals surface area (Å²) in [6, 6.07) is 28.9. The van der Waals surface area contributed by atoms with Gasteiger partial charge < -0.3 is 0 Å². The Morgan fingerprint density at radius 2 is 0.875 bits per heavy atom. The number of hydrogen-bond donors (Lipinski definition) is 0. The fourth-order valence-electron chi connectivity index (χ4n) is 3.17. The quantitative estimate of drug-likeness (QED) is 0.160. The highest BCUT2D eigenvalue weighted by Gasteiger charge is 2.20. The second kappa shape index (κ2) is 9.67. The Labute approximate surface area is 192 Å². The monoisotopic (exact) mass is 460 g/mol. The van der Waals surface area contributed by atoms with Crippen LogP contribution < -0.4 is 0 Å². The number of nitrogens with zero attached hydrogens (tertiary/aromatic N) is 2. The predicted molar refractivity (Wildman–Crippen MR) is 129 cm³/mol. The summed E-state index contributed by atoms with van der Waals surface area (Å²) in [4.78, 5) is 23.3. The van der Waals surface area contributed by atoms with Crippen LogP contribution in [0.2, 0.25) is 0 Å². The summed E-state index contributed by atoms with van der Waals surface area (Å²) < 4.78 is 0. The Kier molecular flexibility index (Phi) is 6.53. The minimum Gasteiger partial charge on any atom is -0.258 e. The topological polar surface area (TPSA) is 86.3 Å². The highest BCUT2D eigenvalue weighted by molar-refractivity contribution is 8.76. The number of nitro groups is 2. The molecule has 0 aliphatic heterocycles. The minimum absolute atomic E-state index is 0.0348. The average molecular weight is 461 g/mol. The SMILES string of the molecule is O=[N+]([O-])c1cc(-c2ccccc2)ccc1SSc1ccc(-c2ccccc2)cc1[N+](=O)[O-]. The molecular weight excluding hydrogens is 444 g/mol. The third-order valence-corrected chi connectivity index (χ3v) is 7.21. The smallest absolute Gasteiger partial charge is 0.258 e. The van der Waals surface area contributed by atoms with Crippen molar-refractivity contribution < 1.29 is 9.85 Å². The summed E-state index contributed by atoms with van der Waals surface area (Å²) in [5.74, 6) is 0. The molecule has 0 aromatic heterocycles. The van der Waals surface area contributed by atoms with Crippen molar-refractivity contribution in [3.63, 3.8) is 0 Å². The second-order valence-corrected chi connectivity index (χ2v) is 8.99. The molecular formula is C24H16N2O4S2. The Hall–Kier alpha value is -3.62. The molecule has 0 spiro atoms. The van der Waals surface area contributed by atoms with Gasteiger partial charge in [0.15, 0.2) is 0 Å². The van der Waals surface area contributed by atoms with E-state index in [1.807, 2.05) is 72.8 Å². The Balaban J connectivity index is 1.61. The van der Waals surface area contributed by atoms with Crippen LogP contribution in [0.3, 0.4) is 0 Å². The fourth-order valence-corrected chi connectivity index (χ4v) is 5.42. The third-order valence-electron chi connectivity index (χ3n) is 4.75. The summed E-state index contributed by atoms with van der Waals surface area (Å²) in [6.45, 7) is 0. The lowest BCUT2D eigenvalue weighted by Crippen LogP contribution is -1.92. The number of hydrogen-bond acceptors (Lipinski definition) is 6. The van der Waals surface area contributed by atoms with Crippen LogP contribution in [0.4, 0.5) is 11.4 Å². The van der Waals surface area contributed by atoms with Crippen LogP contribution in [0.1, 0.15) is 0 Å². The molecule has 8 heteroatoms. The van der Waals surface area contributed by atoms with Crippen LogP contribution in [-0.2, 0) is 0 Å². The first-order valence-electron chi connectivity index (χ1n) is 9.55. The first kappa shape index (κ1) is 21.6. The fraction of sp³-hybridized carbons (Fsp3) is 0. The molecule has 158 valence electrons. The van der Waals surface area contributed by atoms with Gasteiger partial charge in [-0.2, -0.15) is 0 Å². The first-order chi connectivity index (χ1) is 15.5. The molecule has 4 aromatic carbocycles. The van der Waals surface area contributed by atoms with Crippen LogP contribution in [-0.4, -0.2) is 9.85 Å². The van der Waals surface area contributed by atoms with Gasteiger partial charge in [-0.1, -0.05) is 72.8 Å². The van der Waals surface area contributed by atoms with Gasteiger partial charge in [0.25, 0.3) is 11.4 Å². The molecule has 4 aromatic rings. The van der Waals surface area contributed by atoms with Crippen molar-refractivity contribution in [3.05, 3.63) is 117 Å². The van der Waals surface area contributed by atoms with E-state index in [1.165, 1.54) is 12.1 Å². The van der Waals surface area contributed by atoms with Crippen LogP contribution >= 0.6 is 21.6 Å². The maximum atomic E-state index is 11.7. The lowest BCUT2D eigenvalue weighted by molar-refractivity contribution is -0.387. The van der Waals surface area contributed by atoms with Gasteiger partial charge >= 0.3 is 0 Å². The molecule has 6 nitrogen and oxygen atoms in total. The molecule has 0 unspecified atom stereocenters. The third kappa shape index (κ3) is 4.82. The molecule has 0 amide bonds. The Morgan fingerprint density at radius 3 is 1.22 bits per heavy atom. The second-order valence-electron chi connectivity index (χ2n) is 6.78. The van der Waals surface area contributed by atoms with Crippen molar-refractivity contribution in [3.8, 4) is 22.3 Å². The van der Waals surface area contributed by atoms with Crippen molar-refractivity contribution in [2.45, 2.75) is 9.79 Å². The summed E-state index contributed by atoms with van der Waals surface area (Å²) in [6.07, 6.45) is 0. The van der Waals surface area contributed by atoms with Crippen LogP contribution in [0.5, 0.6) is 0 Å². The van der Waals surface area contributed by atoms with Gasteiger partial charge in [0, 0.05) is 12.1 Å². The lowest BCUT2D eigenvalue weighted by atomic mass is 10.1. The highest BCUT2D eigenvalue weighted by atomic mass is 33.1. The van der Waals surface area contributed by atoms with E-state index in [-0.39, 0.29) is 11.4 Å². The van der Waals surface area contributed by atoms with Gasteiger partial charge in [0.1, 0.15) is 0 Å². The van der Waals surface area contributed by atoms with Gasteiger partial charge in [-0.15, -0.1) is 0 Å². The van der Waals surface area contributed by atoms with Crippen molar-refractivity contribution in [1.82, 2.24) is 0 Å². The number of nitro benzene ring substituents is 2. The summed E-state index contributed by atoms with van der Waals surface area (Å²) >= 11 is 0. The zero-order valence-electron chi connectivity index (χ0n) is 16.6. The standard InChI is InChI=1S/C24H16N2O4S2/c27-25(28)21-15-19(17-7-3-1-4-8-17)11-13-23(21)31-32-24-14-12-20(16-22(24)26(29)30)18-9-5-2-6-10-18/h1-16H. The molecule has 0 radical (unpaired) electrons. The van der Waals surface area contributed by atoms with Crippen molar-refractivity contribution in [2.24, 2.45) is 0 Å². The summed E-state index contributed by atoms with van der Waals surface area (Å²) in [5, 5.41) is 23.3. The summed E-state index contributed by atoms with van der Waals surface area (Å²) in [7, 11) is 2.27. The molecule has 0 fully saturated rings. The number of benzene rings is 4. The molecule has 0 bridgehead atoms. The molecule has 0 heterocycles. The molecule has 0 atom stereocenters. The molecule has 0 saturated carbocycles. The van der Waals surface area contributed by atoms with E-state index in [4.69, 9.17) is 0 Å². The predicted octanol–water partition coefficient (Wildman–Crippen LogP) is 7.64. The highest BCUT2D eigenvalue weighted by Crippen LogP contribution is 2.46. The van der Waals surface area contributed by atoms with Gasteiger partial charge in [-0.3, -0.25) is 20.2 Å². The number of rotatable bonds is 7. The van der Waals surface area contributed by atoms with Crippen LogP contribution in [0.15, 0.2) is 107 Å².